The molecule has 0 aromatic heterocycles. The van der Waals surface area contributed by atoms with Crippen LogP contribution in [0.5, 0.6) is 5.75 Å². The first-order valence-electron chi connectivity index (χ1n) is 13.6. The highest BCUT2D eigenvalue weighted by Crippen LogP contribution is 2.33. The van der Waals surface area contributed by atoms with Crippen molar-refractivity contribution >= 4 is 27.5 Å². The molecular weight excluding hydrogens is 526 g/mol. The van der Waals surface area contributed by atoms with Crippen molar-refractivity contribution in [3.05, 3.63) is 90.0 Å². The molecule has 0 fully saturated rings. The summed E-state index contributed by atoms with van der Waals surface area (Å²) in [4.78, 5) is 28.8. The van der Waals surface area contributed by atoms with Crippen LogP contribution in [0.25, 0.3) is 0 Å². The third-order valence-electron chi connectivity index (χ3n) is 6.45. The molecule has 0 aliphatic heterocycles. The summed E-state index contributed by atoms with van der Waals surface area (Å²) in [5.41, 5.74) is 2.00. The van der Waals surface area contributed by atoms with Gasteiger partial charge in [0.1, 0.15) is 18.3 Å². The lowest BCUT2D eigenvalue weighted by molar-refractivity contribution is -0.140. The summed E-state index contributed by atoms with van der Waals surface area (Å²) in [6.07, 6.45) is 1.12. The highest BCUT2D eigenvalue weighted by molar-refractivity contribution is 7.92. The number of anilines is 1. The molecule has 3 aromatic carbocycles. The van der Waals surface area contributed by atoms with Crippen LogP contribution in [-0.4, -0.2) is 50.9 Å². The second-order valence-electron chi connectivity index (χ2n) is 9.45. The fourth-order valence-corrected chi connectivity index (χ4v) is 5.78. The van der Waals surface area contributed by atoms with Gasteiger partial charge >= 0.3 is 0 Å². The summed E-state index contributed by atoms with van der Waals surface area (Å²) in [6.45, 7) is 7.93. The standard InChI is InChI=1S/C31H39N3O5S/c1-5-21-32-31(36)27(6-2)33(22-25-13-9-8-10-14-25)30(35)23-34(28-15-11-12-16-29(28)39-7-3)40(37,38)26-19-17-24(4)18-20-26/h8-20,27H,5-7,21-23H2,1-4H3,(H,32,36)/t27-/m1/s1. The average molecular weight is 566 g/mol. The maximum absolute atomic E-state index is 14.1. The Morgan fingerprint density at radius 1 is 0.900 bits per heavy atom. The lowest BCUT2D eigenvalue weighted by Gasteiger charge is -2.33. The number of benzene rings is 3. The topological polar surface area (TPSA) is 96.0 Å². The van der Waals surface area contributed by atoms with Crippen LogP contribution in [0.4, 0.5) is 5.69 Å². The molecule has 8 nitrogen and oxygen atoms in total. The molecule has 0 heterocycles. The summed E-state index contributed by atoms with van der Waals surface area (Å²) < 4.78 is 34.9. The molecular formula is C31H39N3O5S. The Balaban J connectivity index is 2.09. The molecule has 0 bridgehead atoms. The maximum Gasteiger partial charge on any atom is 0.264 e. The van der Waals surface area contributed by atoms with Gasteiger partial charge in [-0.25, -0.2) is 8.42 Å². The van der Waals surface area contributed by atoms with Crippen LogP contribution in [0.3, 0.4) is 0 Å². The molecule has 2 amide bonds. The van der Waals surface area contributed by atoms with Gasteiger partial charge in [-0.2, -0.15) is 0 Å². The number of nitrogens with zero attached hydrogens (tertiary/aromatic N) is 2. The Kier molecular flexibility index (Phi) is 11.1. The third-order valence-corrected chi connectivity index (χ3v) is 8.23. The molecule has 0 unspecified atom stereocenters. The second-order valence-corrected chi connectivity index (χ2v) is 11.3. The van der Waals surface area contributed by atoms with Gasteiger partial charge in [0.2, 0.25) is 11.8 Å². The molecule has 3 aromatic rings. The zero-order chi connectivity index (χ0) is 29.1. The fourth-order valence-electron chi connectivity index (χ4n) is 4.36. The fraction of sp³-hybridized carbons (Fsp3) is 0.355. The van der Waals surface area contributed by atoms with Gasteiger partial charge in [-0.3, -0.25) is 13.9 Å². The van der Waals surface area contributed by atoms with Crippen LogP contribution in [0.1, 0.15) is 44.7 Å². The number of hydrogen-bond acceptors (Lipinski definition) is 5. The summed E-state index contributed by atoms with van der Waals surface area (Å²) in [5.74, 6) is -0.420. The molecule has 40 heavy (non-hydrogen) atoms. The summed E-state index contributed by atoms with van der Waals surface area (Å²) in [5, 5.41) is 2.89. The molecule has 1 N–H and O–H groups in total. The Hall–Kier alpha value is -3.85. The van der Waals surface area contributed by atoms with Gasteiger partial charge < -0.3 is 15.0 Å². The van der Waals surface area contributed by atoms with Gasteiger partial charge in [0.05, 0.1) is 17.2 Å². The van der Waals surface area contributed by atoms with E-state index < -0.39 is 28.5 Å². The van der Waals surface area contributed by atoms with Crippen molar-refractivity contribution < 1.29 is 22.7 Å². The minimum Gasteiger partial charge on any atom is -0.492 e. The number of aryl methyl sites for hydroxylation is 1. The van der Waals surface area contributed by atoms with Crippen LogP contribution in [-0.2, 0) is 26.2 Å². The van der Waals surface area contributed by atoms with Crippen LogP contribution in [0, 0.1) is 6.92 Å². The van der Waals surface area contributed by atoms with E-state index in [4.69, 9.17) is 4.74 Å². The zero-order valence-corrected chi connectivity index (χ0v) is 24.5. The Labute approximate surface area is 238 Å². The lowest BCUT2D eigenvalue weighted by Crippen LogP contribution is -2.52. The van der Waals surface area contributed by atoms with Crippen molar-refractivity contribution in [2.75, 3.05) is 24.0 Å². The molecule has 9 heteroatoms. The Morgan fingerprint density at radius 3 is 2.17 bits per heavy atom. The molecule has 0 spiro atoms. The quantitative estimate of drug-likeness (QED) is 0.299. The van der Waals surface area contributed by atoms with Gasteiger partial charge in [0.15, 0.2) is 0 Å². The van der Waals surface area contributed by atoms with Crippen LogP contribution in [0.2, 0.25) is 0 Å². The van der Waals surface area contributed by atoms with E-state index in [-0.39, 0.29) is 23.0 Å². The molecule has 3 rings (SSSR count). The van der Waals surface area contributed by atoms with Gasteiger partial charge in [-0.15, -0.1) is 0 Å². The van der Waals surface area contributed by atoms with Crippen molar-refractivity contribution in [2.45, 2.75) is 58.0 Å². The van der Waals surface area contributed by atoms with Crippen molar-refractivity contribution in [1.29, 1.82) is 0 Å². The first-order valence-corrected chi connectivity index (χ1v) is 15.1. The molecule has 0 aliphatic carbocycles. The minimum absolute atomic E-state index is 0.0551. The van der Waals surface area contributed by atoms with E-state index in [1.807, 2.05) is 58.0 Å². The first kappa shape index (κ1) is 30.7. The predicted molar refractivity (Wildman–Crippen MR) is 158 cm³/mol. The lowest BCUT2D eigenvalue weighted by atomic mass is 10.1. The highest BCUT2D eigenvalue weighted by atomic mass is 32.2. The third kappa shape index (κ3) is 7.63. The molecule has 0 saturated carbocycles. The SMILES string of the molecule is CCCNC(=O)[C@@H](CC)N(Cc1ccccc1)C(=O)CN(c1ccccc1OCC)S(=O)(=O)c1ccc(C)cc1. The number of rotatable bonds is 14. The second kappa shape index (κ2) is 14.5. The summed E-state index contributed by atoms with van der Waals surface area (Å²) in [7, 11) is -4.17. The number of carbonyl (C=O) groups excluding carboxylic acids is 2. The number of sulfonamides is 1. The molecule has 1 atom stereocenters. The zero-order valence-electron chi connectivity index (χ0n) is 23.7. The monoisotopic (exact) mass is 565 g/mol. The van der Waals surface area contributed by atoms with Crippen molar-refractivity contribution in [1.82, 2.24) is 10.2 Å². The molecule has 0 saturated heterocycles. The van der Waals surface area contributed by atoms with Crippen LogP contribution < -0.4 is 14.4 Å². The van der Waals surface area contributed by atoms with Crippen molar-refractivity contribution in [2.24, 2.45) is 0 Å². The van der Waals surface area contributed by atoms with Crippen molar-refractivity contribution in [3.63, 3.8) is 0 Å². The summed E-state index contributed by atoms with van der Waals surface area (Å²) in [6, 6.07) is 21.8. The van der Waals surface area contributed by atoms with Crippen molar-refractivity contribution in [3.8, 4) is 5.75 Å². The van der Waals surface area contributed by atoms with E-state index in [1.54, 1.807) is 36.4 Å². The normalized spacial score (nSPS) is 11.9. The van der Waals surface area contributed by atoms with E-state index in [2.05, 4.69) is 5.32 Å². The number of hydrogen-bond donors (Lipinski definition) is 1. The molecule has 0 aliphatic rings. The molecule has 214 valence electrons. The van der Waals surface area contributed by atoms with Gasteiger partial charge in [-0.05, 0) is 56.5 Å². The Bertz CT molecular complexity index is 1360. The van der Waals surface area contributed by atoms with E-state index in [1.165, 1.54) is 17.0 Å². The minimum atomic E-state index is -4.17. The maximum atomic E-state index is 14.1. The largest absolute Gasteiger partial charge is 0.492 e. The van der Waals surface area contributed by atoms with Crippen LogP contribution in [0.15, 0.2) is 83.8 Å². The number of nitrogens with one attached hydrogen (secondary N) is 1. The Morgan fingerprint density at radius 2 is 1.55 bits per heavy atom. The van der Waals surface area contributed by atoms with E-state index in [0.717, 1.165) is 21.9 Å². The van der Waals surface area contributed by atoms with E-state index in [9.17, 15) is 18.0 Å². The smallest absolute Gasteiger partial charge is 0.264 e. The van der Waals surface area contributed by atoms with Crippen LogP contribution >= 0.6 is 0 Å². The number of amides is 2. The highest BCUT2D eigenvalue weighted by Gasteiger charge is 2.34. The number of ether oxygens (including phenoxy) is 1. The van der Waals surface area contributed by atoms with Gasteiger partial charge in [0.25, 0.3) is 10.0 Å². The first-order chi connectivity index (χ1) is 19.2. The summed E-state index contributed by atoms with van der Waals surface area (Å²) >= 11 is 0. The predicted octanol–water partition coefficient (Wildman–Crippen LogP) is 4.92. The van der Waals surface area contributed by atoms with Gasteiger partial charge in [-0.1, -0.05) is 74.0 Å². The average Bonchev–Trinajstić information content (AvgIpc) is 2.96. The molecule has 0 radical (unpaired) electrons. The van der Waals surface area contributed by atoms with Gasteiger partial charge in [0, 0.05) is 13.1 Å². The van der Waals surface area contributed by atoms with E-state index >= 15 is 0 Å². The number of carbonyl (C=O) groups is 2. The number of para-hydroxylation sites is 2. The van der Waals surface area contributed by atoms with E-state index in [0.29, 0.717) is 25.3 Å².